The predicted molar refractivity (Wildman–Crippen MR) is 104 cm³/mol. The van der Waals surface area contributed by atoms with E-state index >= 15 is 0 Å². The Morgan fingerprint density at radius 3 is 2.58 bits per heavy atom. The summed E-state index contributed by atoms with van der Waals surface area (Å²) < 4.78 is 14.5. The van der Waals surface area contributed by atoms with Crippen LogP contribution in [0.1, 0.15) is 30.7 Å². The molecule has 0 aliphatic carbocycles. The fraction of sp³-hybridized carbons (Fsp3) is 0.238. The minimum Gasteiger partial charge on any atom is -0.369 e. The highest BCUT2D eigenvalue weighted by molar-refractivity contribution is 5.83. The number of aromatic amines is 1. The smallest absolute Gasteiger partial charge is 0.259 e. The molecule has 1 fully saturated rings. The molecule has 2 aromatic carbocycles. The molecule has 0 bridgehead atoms. The Morgan fingerprint density at radius 1 is 1.04 bits per heavy atom. The molecule has 0 radical (unpaired) electrons. The number of H-pyrrole nitrogens is 1. The highest BCUT2D eigenvalue weighted by atomic mass is 19.1. The van der Waals surface area contributed by atoms with Crippen LogP contribution < -0.4 is 10.5 Å². The summed E-state index contributed by atoms with van der Waals surface area (Å²) in [4.78, 5) is 21.6. The van der Waals surface area contributed by atoms with E-state index in [1.807, 2.05) is 41.3 Å². The molecule has 0 saturated carbocycles. The zero-order valence-electron chi connectivity index (χ0n) is 14.4. The van der Waals surface area contributed by atoms with Crippen LogP contribution in [0.5, 0.6) is 0 Å². The molecule has 0 spiro atoms. The molecule has 1 aromatic heterocycles. The Kier molecular flexibility index (Phi) is 4.52. The van der Waals surface area contributed by atoms with E-state index in [0.29, 0.717) is 17.0 Å². The van der Waals surface area contributed by atoms with Crippen molar-refractivity contribution in [3.05, 3.63) is 70.0 Å². The molecule has 4 rings (SSSR count). The van der Waals surface area contributed by atoms with Crippen LogP contribution in [0.2, 0.25) is 0 Å². The van der Waals surface area contributed by atoms with Crippen molar-refractivity contribution in [2.75, 3.05) is 18.0 Å². The topological polar surface area (TPSA) is 49.0 Å². The number of fused-ring (bicyclic) bond motifs is 1. The van der Waals surface area contributed by atoms with E-state index < -0.39 is 0 Å². The highest BCUT2D eigenvalue weighted by Gasteiger charge is 2.17. The largest absolute Gasteiger partial charge is 0.369 e. The number of rotatable bonds is 3. The molecule has 1 aliphatic heterocycles. The van der Waals surface area contributed by atoms with Crippen LogP contribution in [0.15, 0.2) is 47.3 Å². The van der Waals surface area contributed by atoms with Crippen molar-refractivity contribution in [3.8, 4) is 0 Å². The molecule has 0 atom stereocenters. The van der Waals surface area contributed by atoms with E-state index in [0.717, 1.165) is 31.5 Å². The van der Waals surface area contributed by atoms with Gasteiger partial charge in [-0.05, 0) is 43.0 Å². The van der Waals surface area contributed by atoms with Gasteiger partial charge in [0.15, 0.2) is 0 Å². The van der Waals surface area contributed by atoms with E-state index in [4.69, 9.17) is 0 Å². The third-order valence-electron chi connectivity index (χ3n) is 4.72. The van der Waals surface area contributed by atoms with Gasteiger partial charge < -0.3 is 9.88 Å². The zero-order valence-corrected chi connectivity index (χ0v) is 14.4. The van der Waals surface area contributed by atoms with Gasteiger partial charge in [0.25, 0.3) is 5.56 Å². The molecule has 1 N–H and O–H groups in total. The van der Waals surface area contributed by atoms with E-state index in [2.05, 4.69) is 9.97 Å². The van der Waals surface area contributed by atoms with Crippen molar-refractivity contribution >= 4 is 28.7 Å². The monoisotopic (exact) mass is 349 g/mol. The van der Waals surface area contributed by atoms with Gasteiger partial charge in [-0.2, -0.15) is 0 Å². The molecule has 26 heavy (non-hydrogen) atoms. The van der Waals surface area contributed by atoms with Crippen LogP contribution in [0, 0.1) is 5.82 Å². The molecule has 0 unspecified atom stereocenters. The molecule has 1 aliphatic rings. The minimum absolute atomic E-state index is 0.278. The summed E-state index contributed by atoms with van der Waals surface area (Å²) in [6.45, 7) is 1.68. The summed E-state index contributed by atoms with van der Waals surface area (Å²) >= 11 is 0. The van der Waals surface area contributed by atoms with Gasteiger partial charge in [0, 0.05) is 13.1 Å². The van der Waals surface area contributed by atoms with Crippen LogP contribution in [0.4, 0.5) is 10.1 Å². The molecule has 2 heterocycles. The summed E-state index contributed by atoms with van der Waals surface area (Å²) in [5, 5.41) is 0.278. The molecule has 132 valence electrons. The lowest BCUT2D eigenvalue weighted by molar-refractivity contribution is 0.557. The summed E-state index contributed by atoms with van der Waals surface area (Å²) in [5.74, 6) is 0.0989. The summed E-state index contributed by atoms with van der Waals surface area (Å²) in [6.07, 6.45) is 6.95. The highest BCUT2D eigenvalue weighted by Crippen LogP contribution is 2.26. The van der Waals surface area contributed by atoms with Gasteiger partial charge in [0.1, 0.15) is 11.6 Å². The molecule has 1 saturated heterocycles. The Morgan fingerprint density at radius 2 is 1.81 bits per heavy atom. The molecule has 0 amide bonds. The van der Waals surface area contributed by atoms with Crippen LogP contribution in [0.3, 0.4) is 0 Å². The normalized spacial score (nSPS) is 15.0. The Balaban J connectivity index is 1.73. The second kappa shape index (κ2) is 7.12. The number of aromatic nitrogens is 2. The quantitative estimate of drug-likeness (QED) is 0.770. The summed E-state index contributed by atoms with van der Waals surface area (Å²) in [7, 11) is 0. The lowest BCUT2D eigenvalue weighted by Gasteiger charge is -2.29. The second-order valence-electron chi connectivity index (χ2n) is 6.56. The fourth-order valence-corrected chi connectivity index (χ4v) is 3.36. The maximum Gasteiger partial charge on any atom is 0.259 e. The summed E-state index contributed by atoms with van der Waals surface area (Å²) in [5.41, 5.74) is 1.74. The average molecular weight is 349 g/mol. The van der Waals surface area contributed by atoms with Gasteiger partial charge in [0.05, 0.1) is 16.6 Å². The van der Waals surface area contributed by atoms with Gasteiger partial charge >= 0.3 is 0 Å². The van der Waals surface area contributed by atoms with Gasteiger partial charge in [-0.1, -0.05) is 36.4 Å². The van der Waals surface area contributed by atoms with Crippen LogP contribution in [-0.2, 0) is 0 Å². The Hall–Kier alpha value is -2.95. The lowest BCUT2D eigenvalue weighted by atomic mass is 10.1. The third-order valence-corrected chi connectivity index (χ3v) is 4.72. The van der Waals surface area contributed by atoms with Crippen molar-refractivity contribution in [2.24, 2.45) is 0 Å². The molecule has 4 nitrogen and oxygen atoms in total. The van der Waals surface area contributed by atoms with E-state index in [-0.39, 0.29) is 16.8 Å². The van der Waals surface area contributed by atoms with Gasteiger partial charge in [0.2, 0.25) is 0 Å². The van der Waals surface area contributed by atoms with Crippen molar-refractivity contribution in [1.29, 1.82) is 0 Å². The molecular weight excluding hydrogens is 329 g/mol. The van der Waals surface area contributed by atoms with E-state index in [9.17, 15) is 9.18 Å². The number of hydrogen-bond donors (Lipinski definition) is 1. The van der Waals surface area contributed by atoms with Crippen molar-refractivity contribution in [3.63, 3.8) is 0 Å². The van der Waals surface area contributed by atoms with Crippen molar-refractivity contribution in [1.82, 2.24) is 9.97 Å². The lowest BCUT2D eigenvalue weighted by Crippen LogP contribution is -2.30. The maximum absolute atomic E-state index is 14.5. The number of nitrogens with one attached hydrogen (secondary N) is 1. The van der Waals surface area contributed by atoms with Crippen LogP contribution in [-0.4, -0.2) is 23.1 Å². The van der Waals surface area contributed by atoms with E-state index in [1.54, 1.807) is 12.1 Å². The first kappa shape index (κ1) is 16.5. The van der Waals surface area contributed by atoms with Crippen molar-refractivity contribution in [2.45, 2.75) is 19.3 Å². The van der Waals surface area contributed by atoms with Crippen LogP contribution >= 0.6 is 0 Å². The number of piperidine rings is 1. The Bertz CT molecular complexity index is 1000. The fourth-order valence-electron chi connectivity index (χ4n) is 3.36. The van der Waals surface area contributed by atoms with Crippen molar-refractivity contribution < 1.29 is 4.39 Å². The average Bonchev–Trinajstić information content (AvgIpc) is 2.68. The molecular formula is C21H20FN3O. The van der Waals surface area contributed by atoms with Gasteiger partial charge in [-0.3, -0.25) is 4.79 Å². The number of hydrogen-bond acceptors (Lipinski definition) is 3. The number of halogens is 1. The van der Waals surface area contributed by atoms with E-state index in [1.165, 1.54) is 12.5 Å². The first-order valence-electron chi connectivity index (χ1n) is 8.92. The number of nitrogens with zero attached hydrogens (tertiary/aromatic N) is 2. The molecule has 3 aromatic rings. The maximum atomic E-state index is 14.5. The van der Waals surface area contributed by atoms with Gasteiger partial charge in [-0.15, -0.1) is 0 Å². The summed E-state index contributed by atoms with van der Waals surface area (Å²) in [6, 6.07) is 12.8. The first-order chi connectivity index (χ1) is 12.7. The SMILES string of the molecule is O=c1[nH]c(/C=C/c2ccccc2)nc2cc(N3CCCCC3)c(F)cc12. The van der Waals surface area contributed by atoms with Crippen LogP contribution in [0.25, 0.3) is 23.1 Å². The standard InChI is InChI=1S/C21H20FN3O/c22-17-13-16-18(14-19(17)25-11-5-2-6-12-25)23-20(24-21(16)26)10-9-15-7-3-1-4-8-15/h1,3-4,7-10,13-14H,2,5-6,11-12H2,(H,23,24,26)/b10-9+. The number of benzene rings is 2. The van der Waals surface area contributed by atoms with Gasteiger partial charge in [-0.25, -0.2) is 9.37 Å². The first-order valence-corrected chi connectivity index (χ1v) is 8.92. The zero-order chi connectivity index (χ0) is 17.9. The second-order valence-corrected chi connectivity index (χ2v) is 6.56. The third kappa shape index (κ3) is 3.38. The minimum atomic E-state index is -0.362. The Labute approximate surface area is 151 Å². The predicted octanol–water partition coefficient (Wildman–Crippen LogP) is 4.22. The molecule has 5 heteroatoms. The number of anilines is 1.